The van der Waals surface area contributed by atoms with E-state index in [9.17, 15) is 4.79 Å². The van der Waals surface area contributed by atoms with E-state index in [1.807, 2.05) is 51.1 Å². The number of ether oxygens (including phenoxy) is 2. The average molecular weight is 265 g/mol. The van der Waals surface area contributed by atoms with Crippen LogP contribution in [0.2, 0.25) is 0 Å². The van der Waals surface area contributed by atoms with Gasteiger partial charge in [0, 0.05) is 7.11 Å². The van der Waals surface area contributed by atoms with Crippen LogP contribution in [0.5, 0.6) is 0 Å². The molecule has 0 aliphatic rings. The van der Waals surface area contributed by atoms with E-state index in [-0.39, 0.29) is 18.6 Å². The van der Waals surface area contributed by atoms with Crippen molar-refractivity contribution in [1.82, 2.24) is 5.32 Å². The SMILES string of the molecule is COC[C@H](NCC(=O)OC(C)(C)C)c1ccccc1. The first kappa shape index (κ1) is 15.7. The average Bonchev–Trinajstić information content (AvgIpc) is 2.33. The van der Waals surface area contributed by atoms with E-state index in [1.54, 1.807) is 7.11 Å². The third kappa shape index (κ3) is 6.36. The molecule has 0 aromatic heterocycles. The van der Waals surface area contributed by atoms with Gasteiger partial charge in [-0.1, -0.05) is 30.3 Å². The van der Waals surface area contributed by atoms with Crippen LogP contribution in [0, 0.1) is 0 Å². The second kappa shape index (κ2) is 7.26. The molecular weight excluding hydrogens is 242 g/mol. The third-order valence-electron chi connectivity index (χ3n) is 2.45. The molecule has 1 aromatic rings. The summed E-state index contributed by atoms with van der Waals surface area (Å²) in [5.74, 6) is -0.260. The minimum atomic E-state index is -0.456. The quantitative estimate of drug-likeness (QED) is 0.802. The minimum Gasteiger partial charge on any atom is -0.459 e. The van der Waals surface area contributed by atoms with Crippen molar-refractivity contribution in [3.63, 3.8) is 0 Å². The van der Waals surface area contributed by atoms with Gasteiger partial charge in [0.2, 0.25) is 0 Å². The van der Waals surface area contributed by atoms with Crippen LogP contribution >= 0.6 is 0 Å². The summed E-state index contributed by atoms with van der Waals surface area (Å²) in [4.78, 5) is 11.7. The molecule has 0 heterocycles. The van der Waals surface area contributed by atoms with Crippen LogP contribution in [0.25, 0.3) is 0 Å². The van der Waals surface area contributed by atoms with E-state index in [2.05, 4.69) is 5.32 Å². The second-order valence-electron chi connectivity index (χ2n) is 5.39. The van der Waals surface area contributed by atoms with Gasteiger partial charge in [-0.25, -0.2) is 0 Å². The fraction of sp³-hybridized carbons (Fsp3) is 0.533. The third-order valence-corrected chi connectivity index (χ3v) is 2.45. The molecule has 0 fully saturated rings. The van der Waals surface area contributed by atoms with Crippen LogP contribution in [0.3, 0.4) is 0 Å². The van der Waals surface area contributed by atoms with E-state index >= 15 is 0 Å². The highest BCUT2D eigenvalue weighted by molar-refractivity contribution is 5.72. The summed E-state index contributed by atoms with van der Waals surface area (Å²) >= 11 is 0. The molecule has 1 aromatic carbocycles. The fourth-order valence-electron chi connectivity index (χ4n) is 1.71. The lowest BCUT2D eigenvalue weighted by atomic mass is 10.1. The Morgan fingerprint density at radius 3 is 2.42 bits per heavy atom. The van der Waals surface area contributed by atoms with Crippen LogP contribution in [0.4, 0.5) is 0 Å². The molecule has 4 heteroatoms. The van der Waals surface area contributed by atoms with Crippen LogP contribution in [0.1, 0.15) is 32.4 Å². The largest absolute Gasteiger partial charge is 0.459 e. The summed E-state index contributed by atoms with van der Waals surface area (Å²) in [6, 6.07) is 9.89. The molecule has 1 N–H and O–H groups in total. The van der Waals surface area contributed by atoms with Gasteiger partial charge in [0.25, 0.3) is 0 Å². The Hall–Kier alpha value is -1.39. The zero-order chi connectivity index (χ0) is 14.3. The zero-order valence-electron chi connectivity index (χ0n) is 12.1. The van der Waals surface area contributed by atoms with Crippen LogP contribution in [0.15, 0.2) is 30.3 Å². The summed E-state index contributed by atoms with van der Waals surface area (Å²) in [5.41, 5.74) is 0.635. The Bertz CT molecular complexity index is 384. The van der Waals surface area contributed by atoms with Crippen molar-refractivity contribution < 1.29 is 14.3 Å². The van der Waals surface area contributed by atoms with Gasteiger partial charge in [-0.3, -0.25) is 10.1 Å². The summed E-state index contributed by atoms with van der Waals surface area (Å²) in [6.45, 7) is 6.24. The van der Waals surface area contributed by atoms with Gasteiger partial charge in [-0.2, -0.15) is 0 Å². The normalized spacial score (nSPS) is 13.1. The van der Waals surface area contributed by atoms with E-state index < -0.39 is 5.60 Å². The maximum atomic E-state index is 11.7. The molecule has 0 amide bonds. The minimum absolute atomic E-state index is 0.0151. The molecule has 4 nitrogen and oxygen atoms in total. The van der Waals surface area contributed by atoms with Crippen molar-refractivity contribution in [3.8, 4) is 0 Å². The van der Waals surface area contributed by atoms with Crippen molar-refractivity contribution in [2.75, 3.05) is 20.3 Å². The maximum absolute atomic E-state index is 11.7. The predicted molar refractivity (Wildman–Crippen MR) is 74.9 cm³/mol. The lowest BCUT2D eigenvalue weighted by Gasteiger charge is -2.22. The summed E-state index contributed by atoms with van der Waals surface area (Å²) in [7, 11) is 1.64. The molecule has 0 bridgehead atoms. The Morgan fingerprint density at radius 2 is 1.89 bits per heavy atom. The van der Waals surface area contributed by atoms with Crippen molar-refractivity contribution >= 4 is 5.97 Å². The van der Waals surface area contributed by atoms with Crippen LogP contribution in [-0.4, -0.2) is 31.8 Å². The predicted octanol–water partition coefficient (Wildman–Crippen LogP) is 2.31. The van der Waals surface area contributed by atoms with Crippen LogP contribution < -0.4 is 5.32 Å². The number of hydrogen-bond acceptors (Lipinski definition) is 4. The number of carbonyl (C=O) groups excluding carboxylic acids is 1. The first-order valence-electron chi connectivity index (χ1n) is 6.41. The molecule has 0 saturated heterocycles. The van der Waals surface area contributed by atoms with Gasteiger partial charge < -0.3 is 9.47 Å². The van der Waals surface area contributed by atoms with E-state index in [4.69, 9.17) is 9.47 Å². The summed E-state index contributed by atoms with van der Waals surface area (Å²) < 4.78 is 10.4. The Kier molecular flexibility index (Phi) is 5.99. The Morgan fingerprint density at radius 1 is 1.26 bits per heavy atom. The number of carbonyl (C=O) groups is 1. The smallest absolute Gasteiger partial charge is 0.320 e. The number of esters is 1. The number of rotatable bonds is 6. The number of benzene rings is 1. The van der Waals surface area contributed by atoms with E-state index in [1.165, 1.54) is 0 Å². The summed E-state index contributed by atoms with van der Waals surface area (Å²) in [5, 5.41) is 3.16. The molecule has 19 heavy (non-hydrogen) atoms. The van der Waals surface area contributed by atoms with Gasteiger partial charge in [0.1, 0.15) is 5.60 Å². The highest BCUT2D eigenvalue weighted by Gasteiger charge is 2.18. The number of methoxy groups -OCH3 is 1. The number of nitrogens with one attached hydrogen (secondary N) is 1. The van der Waals surface area contributed by atoms with Crippen molar-refractivity contribution in [1.29, 1.82) is 0 Å². The molecule has 0 aliphatic carbocycles. The molecule has 1 rings (SSSR count). The zero-order valence-corrected chi connectivity index (χ0v) is 12.1. The topological polar surface area (TPSA) is 47.6 Å². The highest BCUT2D eigenvalue weighted by atomic mass is 16.6. The maximum Gasteiger partial charge on any atom is 0.320 e. The van der Waals surface area contributed by atoms with Crippen molar-refractivity contribution in [3.05, 3.63) is 35.9 Å². The van der Waals surface area contributed by atoms with E-state index in [0.717, 1.165) is 5.56 Å². The first-order valence-corrected chi connectivity index (χ1v) is 6.41. The lowest BCUT2D eigenvalue weighted by Crippen LogP contribution is -2.34. The molecule has 0 unspecified atom stereocenters. The Labute approximate surface area is 115 Å². The lowest BCUT2D eigenvalue weighted by molar-refractivity contribution is -0.153. The molecule has 106 valence electrons. The standard InChI is InChI=1S/C15H23NO3/c1-15(2,3)19-14(17)10-16-13(11-18-4)12-8-6-5-7-9-12/h5-9,13,16H,10-11H2,1-4H3/t13-/m0/s1. The van der Waals surface area contributed by atoms with Gasteiger partial charge in [0.15, 0.2) is 0 Å². The first-order chi connectivity index (χ1) is 8.92. The van der Waals surface area contributed by atoms with Crippen molar-refractivity contribution in [2.45, 2.75) is 32.4 Å². The van der Waals surface area contributed by atoms with Gasteiger partial charge >= 0.3 is 5.97 Å². The molecule has 0 aliphatic heterocycles. The molecule has 0 saturated carbocycles. The fourth-order valence-corrected chi connectivity index (χ4v) is 1.71. The van der Waals surface area contributed by atoms with Crippen LogP contribution in [-0.2, 0) is 14.3 Å². The van der Waals surface area contributed by atoms with Gasteiger partial charge in [-0.15, -0.1) is 0 Å². The second-order valence-corrected chi connectivity index (χ2v) is 5.39. The molecule has 0 radical (unpaired) electrons. The molecule has 0 spiro atoms. The summed E-state index contributed by atoms with van der Waals surface area (Å²) in [6.07, 6.45) is 0. The monoisotopic (exact) mass is 265 g/mol. The Balaban J connectivity index is 2.54. The van der Waals surface area contributed by atoms with Gasteiger partial charge in [0.05, 0.1) is 19.2 Å². The van der Waals surface area contributed by atoms with Gasteiger partial charge in [-0.05, 0) is 26.3 Å². The molecular formula is C15H23NO3. The van der Waals surface area contributed by atoms with E-state index in [0.29, 0.717) is 6.61 Å². The highest BCUT2D eigenvalue weighted by Crippen LogP contribution is 2.13. The molecule has 1 atom stereocenters. The number of hydrogen-bond donors (Lipinski definition) is 1. The van der Waals surface area contributed by atoms with Crippen molar-refractivity contribution in [2.24, 2.45) is 0 Å².